The first kappa shape index (κ1) is 17.8. The van der Waals surface area contributed by atoms with E-state index < -0.39 is 0 Å². The van der Waals surface area contributed by atoms with Crippen LogP contribution in [-0.4, -0.2) is 16.0 Å². The van der Waals surface area contributed by atoms with Crippen molar-refractivity contribution in [2.24, 2.45) is 0 Å². The van der Waals surface area contributed by atoms with Crippen molar-refractivity contribution in [2.75, 3.05) is 0 Å². The fourth-order valence-electron chi connectivity index (χ4n) is 2.74. The summed E-state index contributed by atoms with van der Waals surface area (Å²) in [7, 11) is 0. The zero-order valence-electron chi connectivity index (χ0n) is 14.4. The first-order chi connectivity index (χ1) is 12.6. The van der Waals surface area contributed by atoms with Gasteiger partial charge >= 0.3 is 0 Å². The highest BCUT2D eigenvalue weighted by Gasteiger charge is 2.10. The summed E-state index contributed by atoms with van der Waals surface area (Å²) in [6.45, 7) is 2.26. The van der Waals surface area contributed by atoms with Gasteiger partial charge in [0.2, 0.25) is 0 Å². The van der Waals surface area contributed by atoms with Gasteiger partial charge in [0.15, 0.2) is 0 Å². The number of halogens is 1. The Kier molecular flexibility index (Phi) is 5.39. The highest BCUT2D eigenvalue weighted by molar-refractivity contribution is 5.95. The quantitative estimate of drug-likeness (QED) is 0.739. The lowest BCUT2D eigenvalue weighted by atomic mass is 10.0. The molecule has 0 fully saturated rings. The van der Waals surface area contributed by atoms with Gasteiger partial charge in [0.1, 0.15) is 5.82 Å². The van der Waals surface area contributed by atoms with Crippen molar-refractivity contribution in [3.8, 4) is 11.1 Å². The molecule has 0 atom stereocenters. The largest absolute Gasteiger partial charge is 0.392 e. The van der Waals surface area contributed by atoms with E-state index in [2.05, 4.69) is 10.3 Å². The number of aliphatic hydroxyl groups excluding tert-OH is 1. The smallest absolute Gasteiger partial charge is 0.253 e. The molecule has 26 heavy (non-hydrogen) atoms. The fourth-order valence-corrected chi connectivity index (χ4v) is 2.74. The maximum atomic E-state index is 13.9. The molecule has 5 heteroatoms. The Bertz CT molecular complexity index is 941. The SMILES string of the molecule is Cc1cc(CNC(=O)c2cncc(-c3ccccc3F)c2)ccc1CO. The molecule has 1 aromatic heterocycles. The summed E-state index contributed by atoms with van der Waals surface area (Å²) in [5.74, 6) is -0.633. The van der Waals surface area contributed by atoms with E-state index in [1.807, 2.05) is 25.1 Å². The van der Waals surface area contributed by atoms with Crippen molar-refractivity contribution in [1.29, 1.82) is 0 Å². The summed E-state index contributed by atoms with van der Waals surface area (Å²) in [5, 5.41) is 12.1. The summed E-state index contributed by atoms with van der Waals surface area (Å²) in [6.07, 6.45) is 2.99. The maximum absolute atomic E-state index is 13.9. The van der Waals surface area contributed by atoms with Crippen LogP contribution in [0.5, 0.6) is 0 Å². The van der Waals surface area contributed by atoms with Crippen LogP contribution in [0, 0.1) is 12.7 Å². The number of aromatic nitrogens is 1. The molecule has 4 nitrogen and oxygen atoms in total. The number of pyridine rings is 1. The Hall–Kier alpha value is -3.05. The average Bonchev–Trinajstić information content (AvgIpc) is 2.66. The van der Waals surface area contributed by atoms with Crippen LogP contribution < -0.4 is 5.32 Å². The Morgan fingerprint density at radius 2 is 1.96 bits per heavy atom. The monoisotopic (exact) mass is 350 g/mol. The van der Waals surface area contributed by atoms with E-state index in [4.69, 9.17) is 0 Å². The number of aryl methyl sites for hydroxylation is 1. The van der Waals surface area contributed by atoms with Gasteiger partial charge < -0.3 is 10.4 Å². The molecule has 0 saturated carbocycles. The summed E-state index contributed by atoms with van der Waals surface area (Å²) in [4.78, 5) is 16.5. The van der Waals surface area contributed by atoms with Crippen LogP contribution in [0.2, 0.25) is 0 Å². The Morgan fingerprint density at radius 3 is 2.69 bits per heavy atom. The lowest BCUT2D eigenvalue weighted by Crippen LogP contribution is -2.23. The summed E-state index contributed by atoms with van der Waals surface area (Å²) < 4.78 is 13.9. The predicted molar refractivity (Wildman–Crippen MR) is 97.9 cm³/mol. The third kappa shape index (κ3) is 3.95. The highest BCUT2D eigenvalue weighted by Crippen LogP contribution is 2.22. The molecular formula is C21H19FN2O2. The zero-order valence-corrected chi connectivity index (χ0v) is 14.4. The lowest BCUT2D eigenvalue weighted by Gasteiger charge is -2.09. The zero-order chi connectivity index (χ0) is 18.5. The predicted octanol–water partition coefficient (Wildman–Crippen LogP) is 3.62. The van der Waals surface area contributed by atoms with Gasteiger partial charge in [-0.25, -0.2) is 4.39 Å². The molecule has 0 radical (unpaired) electrons. The Morgan fingerprint density at radius 1 is 1.15 bits per heavy atom. The number of rotatable bonds is 5. The van der Waals surface area contributed by atoms with Crippen LogP contribution in [0.1, 0.15) is 27.0 Å². The molecule has 132 valence electrons. The number of nitrogens with zero attached hydrogens (tertiary/aromatic N) is 1. The third-order valence-electron chi connectivity index (χ3n) is 4.22. The normalized spacial score (nSPS) is 10.6. The molecule has 1 heterocycles. The fraction of sp³-hybridized carbons (Fsp3) is 0.143. The number of carbonyl (C=O) groups excluding carboxylic acids is 1. The number of hydrogen-bond donors (Lipinski definition) is 2. The van der Waals surface area contributed by atoms with Crippen molar-refractivity contribution >= 4 is 5.91 Å². The first-order valence-electron chi connectivity index (χ1n) is 8.26. The molecule has 3 aromatic rings. The van der Waals surface area contributed by atoms with Crippen molar-refractivity contribution in [1.82, 2.24) is 10.3 Å². The minimum atomic E-state index is -0.355. The van der Waals surface area contributed by atoms with E-state index >= 15 is 0 Å². The van der Waals surface area contributed by atoms with Gasteiger partial charge in [-0.05, 0) is 35.7 Å². The molecule has 2 N–H and O–H groups in total. The molecular weight excluding hydrogens is 331 g/mol. The van der Waals surface area contributed by atoms with Gasteiger partial charge in [-0.1, -0.05) is 36.4 Å². The van der Waals surface area contributed by atoms with Gasteiger partial charge in [-0.2, -0.15) is 0 Å². The van der Waals surface area contributed by atoms with Crippen molar-refractivity contribution in [3.05, 3.63) is 89.0 Å². The summed E-state index contributed by atoms with van der Waals surface area (Å²) in [6, 6.07) is 13.7. The molecule has 0 saturated heterocycles. The third-order valence-corrected chi connectivity index (χ3v) is 4.22. The van der Waals surface area contributed by atoms with E-state index in [1.54, 1.807) is 24.3 Å². The topological polar surface area (TPSA) is 62.2 Å². The number of benzene rings is 2. The van der Waals surface area contributed by atoms with Crippen LogP contribution in [0.4, 0.5) is 4.39 Å². The molecule has 0 aliphatic carbocycles. The highest BCUT2D eigenvalue weighted by atomic mass is 19.1. The van der Waals surface area contributed by atoms with Crippen molar-refractivity contribution in [3.63, 3.8) is 0 Å². The van der Waals surface area contributed by atoms with Crippen LogP contribution >= 0.6 is 0 Å². The average molecular weight is 350 g/mol. The van der Waals surface area contributed by atoms with Crippen LogP contribution in [0.3, 0.4) is 0 Å². The van der Waals surface area contributed by atoms with E-state index in [-0.39, 0.29) is 18.3 Å². The number of hydrogen-bond acceptors (Lipinski definition) is 3. The molecule has 0 aliphatic rings. The molecule has 0 bridgehead atoms. The molecule has 1 amide bonds. The standard InChI is InChI=1S/C21H19FN2O2/c1-14-8-15(6-7-16(14)13-25)10-24-21(26)18-9-17(11-23-12-18)19-4-2-3-5-20(19)22/h2-9,11-12,25H,10,13H2,1H3,(H,24,26). The van der Waals surface area contributed by atoms with E-state index in [9.17, 15) is 14.3 Å². The Balaban J connectivity index is 1.73. The molecule has 3 rings (SSSR count). The number of carbonyl (C=O) groups is 1. The second-order valence-corrected chi connectivity index (χ2v) is 6.04. The van der Waals surface area contributed by atoms with Crippen molar-refractivity contribution in [2.45, 2.75) is 20.1 Å². The van der Waals surface area contributed by atoms with Crippen LogP contribution in [-0.2, 0) is 13.2 Å². The number of aliphatic hydroxyl groups is 1. The van der Waals surface area contributed by atoms with Gasteiger partial charge in [-0.3, -0.25) is 9.78 Å². The van der Waals surface area contributed by atoms with Gasteiger partial charge in [0.25, 0.3) is 5.91 Å². The first-order valence-corrected chi connectivity index (χ1v) is 8.26. The van der Waals surface area contributed by atoms with E-state index in [1.165, 1.54) is 18.5 Å². The molecule has 0 aliphatic heterocycles. The van der Waals surface area contributed by atoms with Gasteiger partial charge in [0.05, 0.1) is 12.2 Å². The number of amides is 1. The molecule has 0 unspecified atom stereocenters. The van der Waals surface area contributed by atoms with Gasteiger partial charge in [0, 0.05) is 30.1 Å². The van der Waals surface area contributed by atoms with Crippen LogP contribution in [0.15, 0.2) is 60.9 Å². The second kappa shape index (κ2) is 7.89. The lowest BCUT2D eigenvalue weighted by molar-refractivity contribution is 0.0950. The van der Waals surface area contributed by atoms with Crippen LogP contribution in [0.25, 0.3) is 11.1 Å². The minimum Gasteiger partial charge on any atom is -0.392 e. The maximum Gasteiger partial charge on any atom is 0.253 e. The Labute approximate surface area is 151 Å². The second-order valence-electron chi connectivity index (χ2n) is 6.04. The summed E-state index contributed by atoms with van der Waals surface area (Å²) in [5.41, 5.74) is 4.11. The molecule has 0 spiro atoms. The van der Waals surface area contributed by atoms with Gasteiger partial charge in [-0.15, -0.1) is 0 Å². The molecule has 2 aromatic carbocycles. The van der Waals surface area contributed by atoms with Crippen molar-refractivity contribution < 1.29 is 14.3 Å². The minimum absolute atomic E-state index is 0.00696. The summed E-state index contributed by atoms with van der Waals surface area (Å²) >= 11 is 0. The van der Waals surface area contributed by atoms with E-state index in [0.29, 0.717) is 23.2 Å². The number of nitrogens with one attached hydrogen (secondary N) is 1. The van der Waals surface area contributed by atoms with E-state index in [0.717, 1.165) is 16.7 Å².